The van der Waals surface area contributed by atoms with Gasteiger partial charge in [-0.1, -0.05) is 48.0 Å². The highest BCUT2D eigenvalue weighted by Crippen LogP contribution is 2.27. The van der Waals surface area contributed by atoms with Gasteiger partial charge in [0.05, 0.1) is 6.20 Å². The molecule has 21 heavy (non-hydrogen) atoms. The Morgan fingerprint density at radius 3 is 2.10 bits per heavy atom. The summed E-state index contributed by atoms with van der Waals surface area (Å²) >= 11 is 5.90. The molecule has 106 valence electrons. The number of rotatable bonds is 4. The van der Waals surface area contributed by atoms with Gasteiger partial charge in [-0.3, -0.25) is 9.94 Å². The van der Waals surface area contributed by atoms with E-state index in [1.807, 2.05) is 54.7 Å². The fourth-order valence-electron chi connectivity index (χ4n) is 2.25. The Morgan fingerprint density at radius 2 is 1.57 bits per heavy atom. The first-order valence-electron chi connectivity index (χ1n) is 6.48. The second-order valence-corrected chi connectivity index (χ2v) is 5.11. The number of hydrogen-bond donors (Lipinski definition) is 2. The van der Waals surface area contributed by atoms with Gasteiger partial charge in [0.25, 0.3) is 0 Å². The summed E-state index contributed by atoms with van der Waals surface area (Å²) < 4.78 is 0. The second-order valence-electron chi connectivity index (χ2n) is 4.68. The standard InChI is InChI=1S/C16H14ClN3O/c17-15-7-5-13(6-8-15)16(21-18)12-3-1-11(2-4-12)14-9-19-20-10-14/h1-10,16H,18H2,(H,19,20). The van der Waals surface area contributed by atoms with E-state index in [0.717, 1.165) is 22.3 Å². The molecule has 5 heteroatoms. The Hall–Kier alpha value is -2.14. The topological polar surface area (TPSA) is 63.9 Å². The van der Waals surface area contributed by atoms with Crippen LogP contribution in [-0.4, -0.2) is 10.2 Å². The molecule has 0 fully saturated rings. The van der Waals surface area contributed by atoms with Crippen LogP contribution in [-0.2, 0) is 4.84 Å². The largest absolute Gasteiger partial charge is 0.292 e. The zero-order chi connectivity index (χ0) is 14.7. The van der Waals surface area contributed by atoms with Gasteiger partial charge in [-0.25, -0.2) is 5.90 Å². The van der Waals surface area contributed by atoms with E-state index < -0.39 is 0 Å². The summed E-state index contributed by atoms with van der Waals surface area (Å²) in [6.07, 6.45) is 3.32. The van der Waals surface area contributed by atoms with Crippen molar-refractivity contribution < 1.29 is 4.84 Å². The van der Waals surface area contributed by atoms with Crippen LogP contribution in [0.4, 0.5) is 0 Å². The Labute approximate surface area is 127 Å². The van der Waals surface area contributed by atoms with Gasteiger partial charge in [0, 0.05) is 16.8 Å². The zero-order valence-electron chi connectivity index (χ0n) is 11.2. The van der Waals surface area contributed by atoms with Crippen LogP contribution in [0.3, 0.4) is 0 Å². The number of benzene rings is 2. The van der Waals surface area contributed by atoms with Gasteiger partial charge in [0.1, 0.15) is 6.10 Å². The molecular formula is C16H14ClN3O. The summed E-state index contributed by atoms with van der Waals surface area (Å²) in [7, 11) is 0. The van der Waals surface area contributed by atoms with Crippen molar-refractivity contribution in [3.8, 4) is 11.1 Å². The maximum atomic E-state index is 5.90. The molecule has 4 nitrogen and oxygen atoms in total. The van der Waals surface area contributed by atoms with E-state index >= 15 is 0 Å². The Morgan fingerprint density at radius 1 is 0.952 bits per heavy atom. The number of nitrogens with one attached hydrogen (secondary N) is 1. The molecule has 0 amide bonds. The smallest absolute Gasteiger partial charge is 0.129 e. The van der Waals surface area contributed by atoms with E-state index in [1.54, 1.807) is 6.20 Å². The molecule has 1 unspecified atom stereocenters. The molecule has 0 radical (unpaired) electrons. The molecule has 3 N–H and O–H groups in total. The average Bonchev–Trinajstić information content (AvgIpc) is 3.05. The quantitative estimate of drug-likeness (QED) is 0.722. The first-order valence-corrected chi connectivity index (χ1v) is 6.86. The van der Waals surface area contributed by atoms with Crippen molar-refractivity contribution in [3.63, 3.8) is 0 Å². The fourth-order valence-corrected chi connectivity index (χ4v) is 2.37. The Balaban J connectivity index is 1.89. The monoisotopic (exact) mass is 299 g/mol. The van der Waals surface area contributed by atoms with Gasteiger partial charge in [0.15, 0.2) is 0 Å². The summed E-state index contributed by atoms with van der Waals surface area (Å²) in [6.45, 7) is 0. The molecular weight excluding hydrogens is 286 g/mol. The van der Waals surface area contributed by atoms with Crippen LogP contribution in [0.1, 0.15) is 17.2 Å². The first-order chi connectivity index (χ1) is 10.3. The minimum absolute atomic E-state index is 0.319. The predicted molar refractivity (Wildman–Crippen MR) is 82.6 cm³/mol. The molecule has 0 saturated carbocycles. The van der Waals surface area contributed by atoms with Gasteiger partial charge in [0.2, 0.25) is 0 Å². The van der Waals surface area contributed by atoms with Crippen molar-refractivity contribution in [1.29, 1.82) is 0 Å². The van der Waals surface area contributed by atoms with Crippen molar-refractivity contribution in [2.75, 3.05) is 0 Å². The van der Waals surface area contributed by atoms with E-state index in [1.165, 1.54) is 0 Å². The third kappa shape index (κ3) is 2.97. The van der Waals surface area contributed by atoms with Gasteiger partial charge in [-0.2, -0.15) is 5.10 Å². The molecule has 1 atom stereocenters. The number of hydrogen-bond acceptors (Lipinski definition) is 3. The average molecular weight is 300 g/mol. The van der Waals surface area contributed by atoms with Gasteiger partial charge >= 0.3 is 0 Å². The molecule has 2 aromatic carbocycles. The van der Waals surface area contributed by atoms with E-state index in [9.17, 15) is 0 Å². The van der Waals surface area contributed by atoms with Crippen LogP contribution in [0.15, 0.2) is 60.9 Å². The van der Waals surface area contributed by atoms with Crippen molar-refractivity contribution in [2.24, 2.45) is 5.90 Å². The van der Waals surface area contributed by atoms with Gasteiger partial charge in [-0.15, -0.1) is 0 Å². The molecule has 1 heterocycles. The van der Waals surface area contributed by atoms with Crippen LogP contribution in [0.25, 0.3) is 11.1 Å². The molecule has 1 aromatic heterocycles. The number of aromatic nitrogens is 2. The minimum Gasteiger partial charge on any atom is -0.292 e. The summed E-state index contributed by atoms with van der Waals surface area (Å²) in [4.78, 5) is 5.13. The van der Waals surface area contributed by atoms with Crippen LogP contribution in [0, 0.1) is 0 Å². The van der Waals surface area contributed by atoms with E-state index in [-0.39, 0.29) is 6.10 Å². The summed E-state index contributed by atoms with van der Waals surface area (Å²) in [5.41, 5.74) is 4.06. The molecule has 0 aliphatic rings. The van der Waals surface area contributed by atoms with Crippen LogP contribution in [0.5, 0.6) is 0 Å². The second kappa shape index (κ2) is 6.10. The van der Waals surface area contributed by atoms with Crippen molar-refractivity contribution in [3.05, 3.63) is 77.1 Å². The fraction of sp³-hybridized carbons (Fsp3) is 0.0625. The summed E-state index contributed by atoms with van der Waals surface area (Å²) in [5.74, 6) is 5.46. The lowest BCUT2D eigenvalue weighted by molar-refractivity contribution is 0.0813. The SMILES string of the molecule is NOC(c1ccc(Cl)cc1)c1ccc(-c2cn[nH]c2)cc1. The van der Waals surface area contributed by atoms with Crippen molar-refractivity contribution >= 4 is 11.6 Å². The third-order valence-corrected chi connectivity index (χ3v) is 3.61. The first kappa shape index (κ1) is 13.8. The number of halogens is 1. The predicted octanol–water partition coefficient (Wildman–Crippen LogP) is 3.71. The van der Waals surface area contributed by atoms with E-state index in [2.05, 4.69) is 10.2 Å². The minimum atomic E-state index is -0.319. The lowest BCUT2D eigenvalue weighted by Crippen LogP contribution is -2.10. The van der Waals surface area contributed by atoms with Gasteiger partial charge < -0.3 is 0 Å². The third-order valence-electron chi connectivity index (χ3n) is 3.35. The Kier molecular flexibility index (Phi) is 4.01. The summed E-state index contributed by atoms with van der Waals surface area (Å²) in [5, 5.41) is 7.43. The van der Waals surface area contributed by atoms with Gasteiger partial charge in [-0.05, 0) is 28.8 Å². The number of nitrogens with zero attached hydrogens (tertiary/aromatic N) is 1. The molecule has 0 bridgehead atoms. The highest BCUT2D eigenvalue weighted by Gasteiger charge is 2.14. The zero-order valence-corrected chi connectivity index (χ0v) is 11.9. The summed E-state index contributed by atoms with van der Waals surface area (Å²) in [6, 6.07) is 15.5. The maximum absolute atomic E-state index is 5.90. The molecule has 0 aliphatic heterocycles. The maximum Gasteiger partial charge on any atom is 0.129 e. The van der Waals surface area contributed by atoms with Crippen LogP contribution < -0.4 is 5.90 Å². The normalized spacial score (nSPS) is 12.3. The van der Waals surface area contributed by atoms with Crippen LogP contribution >= 0.6 is 11.6 Å². The highest BCUT2D eigenvalue weighted by molar-refractivity contribution is 6.30. The van der Waals surface area contributed by atoms with Crippen LogP contribution in [0.2, 0.25) is 5.02 Å². The molecule has 3 rings (SSSR count). The molecule has 0 aliphatic carbocycles. The number of H-pyrrole nitrogens is 1. The lowest BCUT2D eigenvalue weighted by Gasteiger charge is -2.15. The van der Waals surface area contributed by atoms with Crippen molar-refractivity contribution in [1.82, 2.24) is 10.2 Å². The lowest BCUT2D eigenvalue weighted by atomic mass is 9.99. The number of nitrogens with two attached hydrogens (primary N) is 1. The highest BCUT2D eigenvalue weighted by atomic mass is 35.5. The molecule has 3 aromatic rings. The van der Waals surface area contributed by atoms with E-state index in [0.29, 0.717) is 5.02 Å². The molecule has 0 spiro atoms. The van der Waals surface area contributed by atoms with Crippen molar-refractivity contribution in [2.45, 2.75) is 6.10 Å². The van der Waals surface area contributed by atoms with E-state index in [4.69, 9.17) is 22.3 Å². The Bertz CT molecular complexity index is 693. The molecule has 0 saturated heterocycles. The number of aromatic amines is 1.